The highest BCUT2D eigenvalue weighted by molar-refractivity contribution is 8.18. The average Bonchev–Trinajstić information content (AvgIpc) is 3.33. The second kappa shape index (κ2) is 9.60. The van der Waals surface area contributed by atoms with E-state index < -0.39 is 21.9 Å². The van der Waals surface area contributed by atoms with E-state index in [4.69, 9.17) is 11.6 Å². The molecular weight excluding hydrogens is 505 g/mol. The summed E-state index contributed by atoms with van der Waals surface area (Å²) in [5, 5.41) is 11.7. The molecule has 0 N–H and O–H groups in total. The van der Waals surface area contributed by atoms with Gasteiger partial charge in [-0.25, -0.2) is 4.39 Å². The molecule has 1 fully saturated rings. The summed E-state index contributed by atoms with van der Waals surface area (Å²) >= 11 is 7.08. The number of thioether (sulfide) groups is 1. The van der Waals surface area contributed by atoms with Crippen LogP contribution < -0.4 is 0 Å². The van der Waals surface area contributed by atoms with Crippen molar-refractivity contribution in [2.75, 3.05) is 0 Å². The minimum absolute atomic E-state index is 0.0187. The molecule has 0 radical (unpaired) electrons. The topological polar surface area (TPSA) is 85.5 Å². The van der Waals surface area contributed by atoms with Crippen molar-refractivity contribution < 1.29 is 18.9 Å². The molecule has 1 aromatic heterocycles. The molecule has 1 aliphatic heterocycles. The van der Waals surface area contributed by atoms with Crippen LogP contribution in [-0.2, 0) is 17.9 Å². The molecule has 180 valence electrons. The number of amides is 2. The molecule has 0 bridgehead atoms. The minimum atomic E-state index is -0.507. The van der Waals surface area contributed by atoms with Crippen molar-refractivity contribution in [1.29, 1.82) is 0 Å². The second-order valence-electron chi connectivity index (χ2n) is 8.16. The number of benzene rings is 3. The van der Waals surface area contributed by atoms with Gasteiger partial charge in [0.05, 0.1) is 16.4 Å². The highest BCUT2D eigenvalue weighted by Gasteiger charge is 2.35. The maximum absolute atomic E-state index is 13.5. The van der Waals surface area contributed by atoms with Gasteiger partial charge < -0.3 is 4.57 Å². The first-order valence-electron chi connectivity index (χ1n) is 10.8. The Hall–Kier alpha value is -3.95. The minimum Gasteiger partial charge on any atom is -0.342 e. The highest BCUT2D eigenvalue weighted by atomic mass is 35.5. The first-order chi connectivity index (χ1) is 17.3. The predicted molar refractivity (Wildman–Crippen MR) is 137 cm³/mol. The first kappa shape index (κ1) is 23.8. The third-order valence-electron chi connectivity index (χ3n) is 5.82. The molecule has 2 heterocycles. The fourth-order valence-corrected chi connectivity index (χ4v) is 5.09. The van der Waals surface area contributed by atoms with E-state index in [-0.39, 0.29) is 17.1 Å². The van der Waals surface area contributed by atoms with Crippen LogP contribution in [0.15, 0.2) is 77.8 Å². The molecule has 0 spiro atoms. The summed E-state index contributed by atoms with van der Waals surface area (Å²) in [4.78, 5) is 37.4. The van der Waals surface area contributed by atoms with Crippen LogP contribution in [0.4, 0.5) is 14.9 Å². The van der Waals surface area contributed by atoms with E-state index in [0.29, 0.717) is 17.1 Å². The SMILES string of the molecule is O=C1S/C(=C/c2cn(Cc3ccc(F)cc3Cl)c3ccccc23)C(=O)N1Cc1ccc([N+](=O)[O-])cc1. The summed E-state index contributed by atoms with van der Waals surface area (Å²) in [6.45, 7) is 0.417. The number of para-hydroxylation sites is 1. The third kappa shape index (κ3) is 4.62. The lowest BCUT2D eigenvalue weighted by Crippen LogP contribution is -2.27. The number of fused-ring (bicyclic) bond motifs is 1. The van der Waals surface area contributed by atoms with Gasteiger partial charge in [0, 0.05) is 46.4 Å². The number of halogens is 2. The van der Waals surface area contributed by atoms with E-state index in [9.17, 15) is 24.1 Å². The van der Waals surface area contributed by atoms with Gasteiger partial charge in [0.15, 0.2) is 0 Å². The smallest absolute Gasteiger partial charge is 0.293 e. The number of imide groups is 1. The van der Waals surface area contributed by atoms with E-state index in [0.717, 1.165) is 38.7 Å². The molecule has 0 saturated carbocycles. The maximum atomic E-state index is 13.5. The number of hydrogen-bond acceptors (Lipinski definition) is 5. The molecule has 0 aliphatic carbocycles. The molecule has 4 aromatic rings. The average molecular weight is 522 g/mol. The lowest BCUT2D eigenvalue weighted by atomic mass is 10.1. The Kier molecular flexibility index (Phi) is 6.34. The normalized spacial score (nSPS) is 14.8. The summed E-state index contributed by atoms with van der Waals surface area (Å²) in [5.74, 6) is -0.840. The van der Waals surface area contributed by atoms with E-state index in [2.05, 4.69) is 0 Å². The molecule has 0 unspecified atom stereocenters. The number of nitrogens with zero attached hydrogens (tertiary/aromatic N) is 3. The Morgan fingerprint density at radius 3 is 2.50 bits per heavy atom. The lowest BCUT2D eigenvalue weighted by molar-refractivity contribution is -0.384. The van der Waals surface area contributed by atoms with E-state index in [1.807, 2.05) is 35.0 Å². The summed E-state index contributed by atoms with van der Waals surface area (Å²) < 4.78 is 15.4. The van der Waals surface area contributed by atoms with Crippen LogP contribution in [0.5, 0.6) is 0 Å². The fraction of sp³-hybridized carbons (Fsp3) is 0.0769. The second-order valence-corrected chi connectivity index (χ2v) is 9.56. The number of non-ortho nitro benzene ring substituents is 1. The molecule has 10 heteroatoms. The summed E-state index contributed by atoms with van der Waals surface area (Å²) in [7, 11) is 0. The summed E-state index contributed by atoms with van der Waals surface area (Å²) in [5.41, 5.74) is 2.94. The zero-order chi connectivity index (χ0) is 25.4. The Balaban J connectivity index is 1.43. The van der Waals surface area contributed by atoms with Crippen molar-refractivity contribution in [3.05, 3.63) is 115 Å². The van der Waals surface area contributed by atoms with E-state index in [1.165, 1.54) is 36.4 Å². The van der Waals surface area contributed by atoms with Gasteiger partial charge >= 0.3 is 0 Å². The number of carbonyl (C=O) groups excluding carboxylic acids is 2. The monoisotopic (exact) mass is 521 g/mol. The van der Waals surface area contributed by atoms with Gasteiger partial charge in [-0.1, -0.05) is 48.0 Å². The standard InChI is InChI=1S/C26H17ClFN3O4S/c27-22-12-19(28)8-7-17(22)14-29-15-18(21-3-1-2-4-23(21)29)11-24-25(32)30(26(33)36-24)13-16-5-9-20(10-6-16)31(34)35/h1-12,15H,13-14H2/b24-11+. The molecule has 2 amide bonds. The van der Waals surface area contributed by atoms with Crippen LogP contribution in [0.25, 0.3) is 17.0 Å². The van der Waals surface area contributed by atoms with Gasteiger partial charge in [0.2, 0.25) is 0 Å². The molecule has 36 heavy (non-hydrogen) atoms. The van der Waals surface area contributed by atoms with Crippen LogP contribution in [0, 0.1) is 15.9 Å². The number of nitro benzene ring substituents is 1. The van der Waals surface area contributed by atoms with Crippen molar-refractivity contribution in [3.63, 3.8) is 0 Å². The molecular formula is C26H17ClFN3O4S. The van der Waals surface area contributed by atoms with Crippen molar-refractivity contribution in [2.24, 2.45) is 0 Å². The predicted octanol–water partition coefficient (Wildman–Crippen LogP) is 6.63. The number of carbonyl (C=O) groups is 2. The van der Waals surface area contributed by atoms with Gasteiger partial charge in [-0.3, -0.25) is 24.6 Å². The molecule has 1 aliphatic rings. The molecule has 3 aromatic carbocycles. The molecule has 0 atom stereocenters. The lowest BCUT2D eigenvalue weighted by Gasteiger charge is -2.12. The Labute approximate surface area is 213 Å². The number of hydrogen-bond donors (Lipinski definition) is 0. The number of rotatable bonds is 6. The van der Waals surface area contributed by atoms with Gasteiger partial charge in [0.25, 0.3) is 16.8 Å². The van der Waals surface area contributed by atoms with Crippen LogP contribution in [0.2, 0.25) is 5.02 Å². The number of nitro groups is 1. The zero-order valence-corrected chi connectivity index (χ0v) is 20.1. The van der Waals surface area contributed by atoms with Crippen LogP contribution in [-0.4, -0.2) is 25.5 Å². The molecule has 5 rings (SSSR count). The molecule has 1 saturated heterocycles. The highest BCUT2D eigenvalue weighted by Crippen LogP contribution is 2.35. The summed E-state index contributed by atoms with van der Waals surface area (Å²) in [6.07, 6.45) is 3.56. The van der Waals surface area contributed by atoms with Gasteiger partial charge in [-0.15, -0.1) is 0 Å². The Morgan fingerprint density at radius 1 is 1.03 bits per heavy atom. The van der Waals surface area contributed by atoms with Gasteiger partial charge in [0.1, 0.15) is 5.82 Å². The Bertz CT molecular complexity index is 1570. The van der Waals surface area contributed by atoms with Crippen LogP contribution in [0.3, 0.4) is 0 Å². The zero-order valence-electron chi connectivity index (χ0n) is 18.6. The quantitative estimate of drug-likeness (QED) is 0.161. The summed E-state index contributed by atoms with van der Waals surface area (Å²) in [6, 6.07) is 17.6. The van der Waals surface area contributed by atoms with Crippen LogP contribution in [0.1, 0.15) is 16.7 Å². The van der Waals surface area contributed by atoms with Crippen molar-refractivity contribution in [1.82, 2.24) is 9.47 Å². The van der Waals surface area contributed by atoms with E-state index >= 15 is 0 Å². The molecule has 7 nitrogen and oxygen atoms in total. The van der Waals surface area contributed by atoms with Crippen molar-refractivity contribution in [3.8, 4) is 0 Å². The first-order valence-corrected chi connectivity index (χ1v) is 12.0. The van der Waals surface area contributed by atoms with Gasteiger partial charge in [-0.05, 0) is 47.2 Å². The fourth-order valence-electron chi connectivity index (χ4n) is 4.04. The van der Waals surface area contributed by atoms with Crippen LogP contribution >= 0.6 is 23.4 Å². The Morgan fingerprint density at radius 2 is 1.78 bits per heavy atom. The van der Waals surface area contributed by atoms with E-state index in [1.54, 1.807) is 12.1 Å². The number of aromatic nitrogens is 1. The van der Waals surface area contributed by atoms with Crippen molar-refractivity contribution >= 4 is 57.2 Å². The maximum Gasteiger partial charge on any atom is 0.293 e. The van der Waals surface area contributed by atoms with Gasteiger partial charge in [-0.2, -0.15) is 0 Å². The van der Waals surface area contributed by atoms with Crippen molar-refractivity contribution in [2.45, 2.75) is 13.1 Å². The largest absolute Gasteiger partial charge is 0.342 e. The third-order valence-corrected chi connectivity index (χ3v) is 7.08.